The Kier molecular flexibility index (Phi) is 3.90. The van der Waals surface area contributed by atoms with Gasteiger partial charge in [0.2, 0.25) is 0 Å². The van der Waals surface area contributed by atoms with Crippen molar-refractivity contribution in [2.75, 3.05) is 20.2 Å². The number of amides is 1. The Morgan fingerprint density at radius 2 is 1.72 bits per heavy atom. The van der Waals surface area contributed by atoms with Gasteiger partial charge in [0.05, 0.1) is 7.11 Å². The van der Waals surface area contributed by atoms with Gasteiger partial charge in [0, 0.05) is 18.7 Å². The molecule has 2 atom stereocenters. The maximum Gasteiger partial charge on any atom is 0.253 e. The molecule has 1 saturated heterocycles. The molecule has 0 aromatic heterocycles. The van der Waals surface area contributed by atoms with Gasteiger partial charge in [-0.3, -0.25) is 4.79 Å². The van der Waals surface area contributed by atoms with Crippen molar-refractivity contribution < 1.29 is 9.53 Å². The molecule has 1 aliphatic heterocycles. The van der Waals surface area contributed by atoms with Gasteiger partial charge in [-0.1, -0.05) is 13.8 Å². The van der Waals surface area contributed by atoms with Crippen molar-refractivity contribution in [1.82, 2.24) is 4.90 Å². The summed E-state index contributed by atoms with van der Waals surface area (Å²) in [5, 5.41) is 0. The van der Waals surface area contributed by atoms with E-state index in [0.717, 1.165) is 24.4 Å². The SMILES string of the molecule is COc1ccc(C(=O)N2C[C@H](C)C[C@@H](C)C2)cc1. The summed E-state index contributed by atoms with van der Waals surface area (Å²) in [6, 6.07) is 7.35. The van der Waals surface area contributed by atoms with Crippen LogP contribution < -0.4 is 4.74 Å². The predicted octanol–water partition coefficient (Wildman–Crippen LogP) is 2.81. The number of benzene rings is 1. The topological polar surface area (TPSA) is 29.5 Å². The van der Waals surface area contributed by atoms with Gasteiger partial charge in [-0.2, -0.15) is 0 Å². The highest BCUT2D eigenvalue weighted by atomic mass is 16.5. The Bertz CT molecular complexity index is 403. The Hall–Kier alpha value is -1.51. The molecule has 1 aromatic carbocycles. The van der Waals surface area contributed by atoms with Crippen LogP contribution in [-0.4, -0.2) is 31.0 Å². The zero-order chi connectivity index (χ0) is 13.1. The number of nitrogens with zero attached hydrogens (tertiary/aromatic N) is 1. The Morgan fingerprint density at radius 3 is 2.22 bits per heavy atom. The van der Waals surface area contributed by atoms with Gasteiger partial charge in [0.25, 0.3) is 5.91 Å². The summed E-state index contributed by atoms with van der Waals surface area (Å²) in [5.41, 5.74) is 0.747. The molecule has 3 heteroatoms. The van der Waals surface area contributed by atoms with Gasteiger partial charge in [-0.05, 0) is 42.5 Å². The third kappa shape index (κ3) is 2.84. The van der Waals surface area contributed by atoms with Gasteiger partial charge >= 0.3 is 0 Å². The van der Waals surface area contributed by atoms with E-state index >= 15 is 0 Å². The van der Waals surface area contributed by atoms with E-state index in [9.17, 15) is 4.79 Å². The van der Waals surface area contributed by atoms with Gasteiger partial charge in [-0.15, -0.1) is 0 Å². The summed E-state index contributed by atoms with van der Waals surface area (Å²) >= 11 is 0. The first-order chi connectivity index (χ1) is 8.60. The molecular weight excluding hydrogens is 226 g/mol. The summed E-state index contributed by atoms with van der Waals surface area (Å²) in [4.78, 5) is 14.3. The molecular formula is C15H21NO2. The Labute approximate surface area is 109 Å². The summed E-state index contributed by atoms with van der Waals surface area (Å²) < 4.78 is 5.10. The van der Waals surface area contributed by atoms with E-state index in [0.29, 0.717) is 11.8 Å². The van der Waals surface area contributed by atoms with Gasteiger partial charge in [0.15, 0.2) is 0 Å². The van der Waals surface area contributed by atoms with E-state index in [2.05, 4.69) is 13.8 Å². The molecule has 3 nitrogen and oxygen atoms in total. The Balaban J connectivity index is 2.09. The van der Waals surface area contributed by atoms with Crippen molar-refractivity contribution in [1.29, 1.82) is 0 Å². The lowest BCUT2D eigenvalue weighted by Gasteiger charge is -2.35. The van der Waals surface area contributed by atoms with Crippen molar-refractivity contribution in [2.24, 2.45) is 11.8 Å². The standard InChI is InChI=1S/C15H21NO2/c1-11-8-12(2)10-16(9-11)15(17)13-4-6-14(18-3)7-5-13/h4-7,11-12H,8-10H2,1-3H3/t11-,12-/m1/s1. The van der Waals surface area contributed by atoms with Crippen molar-refractivity contribution in [2.45, 2.75) is 20.3 Å². The largest absolute Gasteiger partial charge is 0.497 e. The van der Waals surface area contributed by atoms with Gasteiger partial charge < -0.3 is 9.64 Å². The number of hydrogen-bond acceptors (Lipinski definition) is 2. The molecule has 0 radical (unpaired) electrons. The molecule has 1 fully saturated rings. The molecule has 0 saturated carbocycles. The van der Waals surface area contributed by atoms with Crippen molar-refractivity contribution in [3.05, 3.63) is 29.8 Å². The van der Waals surface area contributed by atoms with E-state index in [1.807, 2.05) is 29.2 Å². The molecule has 98 valence electrons. The third-order valence-corrected chi connectivity index (χ3v) is 3.49. The lowest BCUT2D eigenvalue weighted by atomic mass is 9.91. The van der Waals surface area contributed by atoms with E-state index < -0.39 is 0 Å². The first-order valence-corrected chi connectivity index (χ1v) is 6.53. The highest BCUT2D eigenvalue weighted by Gasteiger charge is 2.25. The summed E-state index contributed by atoms with van der Waals surface area (Å²) in [6.45, 7) is 6.17. The fourth-order valence-corrected chi connectivity index (χ4v) is 2.74. The zero-order valence-electron chi connectivity index (χ0n) is 11.3. The number of rotatable bonds is 2. The highest BCUT2D eigenvalue weighted by Crippen LogP contribution is 2.23. The average molecular weight is 247 g/mol. The molecule has 1 aromatic rings. The number of carbonyl (C=O) groups excluding carboxylic acids is 1. The predicted molar refractivity (Wildman–Crippen MR) is 71.8 cm³/mol. The second-order valence-electron chi connectivity index (χ2n) is 5.38. The maximum atomic E-state index is 12.4. The monoisotopic (exact) mass is 247 g/mol. The van der Waals surface area contributed by atoms with Crippen LogP contribution in [0, 0.1) is 11.8 Å². The van der Waals surface area contributed by atoms with Crippen molar-refractivity contribution in [3.63, 3.8) is 0 Å². The lowest BCUT2D eigenvalue weighted by Crippen LogP contribution is -2.42. The van der Waals surface area contributed by atoms with Crippen LogP contribution >= 0.6 is 0 Å². The minimum Gasteiger partial charge on any atom is -0.497 e. The van der Waals surface area contributed by atoms with E-state index in [1.54, 1.807) is 7.11 Å². The molecule has 0 N–H and O–H groups in total. The summed E-state index contributed by atoms with van der Waals surface area (Å²) in [7, 11) is 1.63. The van der Waals surface area contributed by atoms with E-state index in [1.165, 1.54) is 6.42 Å². The maximum absolute atomic E-state index is 12.4. The highest BCUT2D eigenvalue weighted by molar-refractivity contribution is 5.94. The summed E-state index contributed by atoms with van der Waals surface area (Å²) in [5.74, 6) is 2.11. The summed E-state index contributed by atoms with van der Waals surface area (Å²) in [6.07, 6.45) is 1.21. The number of hydrogen-bond donors (Lipinski definition) is 0. The first-order valence-electron chi connectivity index (χ1n) is 6.53. The van der Waals surface area contributed by atoms with E-state index in [-0.39, 0.29) is 5.91 Å². The van der Waals surface area contributed by atoms with Gasteiger partial charge in [-0.25, -0.2) is 0 Å². The number of likely N-dealkylation sites (tertiary alicyclic amines) is 1. The second kappa shape index (κ2) is 5.42. The zero-order valence-corrected chi connectivity index (χ0v) is 11.3. The van der Waals surface area contributed by atoms with Crippen LogP contribution in [0.15, 0.2) is 24.3 Å². The average Bonchev–Trinajstić information content (AvgIpc) is 2.37. The molecule has 18 heavy (non-hydrogen) atoms. The van der Waals surface area contributed by atoms with Crippen LogP contribution in [0.3, 0.4) is 0 Å². The lowest BCUT2D eigenvalue weighted by molar-refractivity contribution is 0.0623. The molecule has 1 heterocycles. The van der Waals surface area contributed by atoms with Crippen LogP contribution in [0.5, 0.6) is 5.75 Å². The molecule has 0 bridgehead atoms. The minimum absolute atomic E-state index is 0.135. The number of piperidine rings is 1. The van der Waals surface area contributed by atoms with Crippen molar-refractivity contribution >= 4 is 5.91 Å². The normalized spacial score (nSPS) is 23.8. The van der Waals surface area contributed by atoms with Crippen LogP contribution in [0.2, 0.25) is 0 Å². The number of ether oxygens (including phenoxy) is 1. The smallest absolute Gasteiger partial charge is 0.253 e. The van der Waals surface area contributed by atoms with E-state index in [4.69, 9.17) is 4.74 Å². The van der Waals surface area contributed by atoms with Crippen LogP contribution in [-0.2, 0) is 0 Å². The van der Waals surface area contributed by atoms with Crippen LogP contribution in [0.1, 0.15) is 30.6 Å². The molecule has 0 aliphatic carbocycles. The molecule has 2 rings (SSSR count). The number of carbonyl (C=O) groups is 1. The molecule has 1 aliphatic rings. The first kappa shape index (κ1) is 12.9. The van der Waals surface area contributed by atoms with Crippen LogP contribution in [0.25, 0.3) is 0 Å². The Morgan fingerprint density at radius 1 is 1.17 bits per heavy atom. The third-order valence-electron chi connectivity index (χ3n) is 3.49. The molecule has 0 unspecified atom stereocenters. The van der Waals surface area contributed by atoms with Gasteiger partial charge in [0.1, 0.15) is 5.75 Å². The quantitative estimate of drug-likeness (QED) is 0.804. The number of methoxy groups -OCH3 is 1. The molecule has 0 spiro atoms. The van der Waals surface area contributed by atoms with Crippen molar-refractivity contribution in [3.8, 4) is 5.75 Å². The van der Waals surface area contributed by atoms with Crippen LogP contribution in [0.4, 0.5) is 0 Å². The molecule has 1 amide bonds. The fourth-order valence-electron chi connectivity index (χ4n) is 2.74. The second-order valence-corrected chi connectivity index (χ2v) is 5.38. The fraction of sp³-hybridized carbons (Fsp3) is 0.533. The minimum atomic E-state index is 0.135.